The van der Waals surface area contributed by atoms with Gasteiger partial charge in [-0.3, -0.25) is 4.79 Å². The maximum atomic E-state index is 12.3. The molecule has 8 nitrogen and oxygen atoms in total. The summed E-state index contributed by atoms with van der Waals surface area (Å²) in [4.78, 5) is 31.9. The molecule has 0 aliphatic carbocycles. The highest BCUT2D eigenvalue weighted by Crippen LogP contribution is 2.17. The smallest absolute Gasteiger partial charge is 0.319 e. The monoisotopic (exact) mass is 322 g/mol. The van der Waals surface area contributed by atoms with Gasteiger partial charge < -0.3 is 15.1 Å². The van der Waals surface area contributed by atoms with Crippen LogP contribution >= 0.6 is 0 Å². The van der Waals surface area contributed by atoms with Crippen LogP contribution in [0.3, 0.4) is 0 Å². The molecule has 1 fully saturated rings. The molecule has 1 unspecified atom stereocenters. The first-order valence-corrected chi connectivity index (χ1v) is 8.00. The number of carbonyl (C=O) groups excluding carboxylic acids is 2. The summed E-state index contributed by atoms with van der Waals surface area (Å²) in [7, 11) is 3.46. The number of urea groups is 1. The van der Waals surface area contributed by atoms with Crippen molar-refractivity contribution >= 4 is 11.9 Å². The Labute approximate surface area is 136 Å². The Kier molecular flexibility index (Phi) is 5.57. The van der Waals surface area contributed by atoms with Crippen molar-refractivity contribution in [1.29, 1.82) is 0 Å². The number of amides is 3. The van der Waals surface area contributed by atoms with E-state index in [1.54, 1.807) is 28.6 Å². The molecule has 0 radical (unpaired) electrons. The van der Waals surface area contributed by atoms with E-state index >= 15 is 0 Å². The Morgan fingerprint density at radius 2 is 2.09 bits per heavy atom. The highest BCUT2D eigenvalue weighted by molar-refractivity contribution is 5.80. The quantitative estimate of drug-likeness (QED) is 0.870. The van der Waals surface area contributed by atoms with Gasteiger partial charge in [0.25, 0.3) is 0 Å². The first kappa shape index (κ1) is 17.2. The summed E-state index contributed by atoms with van der Waals surface area (Å²) in [6, 6.07) is -0.0313. The van der Waals surface area contributed by atoms with E-state index in [2.05, 4.69) is 15.4 Å². The molecule has 1 aliphatic rings. The van der Waals surface area contributed by atoms with Gasteiger partial charge in [0.2, 0.25) is 5.91 Å². The van der Waals surface area contributed by atoms with Crippen LogP contribution in [0.15, 0.2) is 0 Å². The maximum Gasteiger partial charge on any atom is 0.319 e. The lowest BCUT2D eigenvalue weighted by atomic mass is 9.97. The molecule has 1 aliphatic heterocycles. The van der Waals surface area contributed by atoms with Crippen LogP contribution in [0.2, 0.25) is 0 Å². The van der Waals surface area contributed by atoms with Crippen LogP contribution in [-0.4, -0.2) is 70.2 Å². The predicted octanol–water partition coefficient (Wildman–Crippen LogP) is 0.405. The third-order valence-corrected chi connectivity index (χ3v) is 4.03. The molecule has 23 heavy (non-hydrogen) atoms. The van der Waals surface area contributed by atoms with Crippen molar-refractivity contribution in [2.24, 2.45) is 5.92 Å². The minimum absolute atomic E-state index is 0.00995. The first-order chi connectivity index (χ1) is 10.9. The summed E-state index contributed by atoms with van der Waals surface area (Å²) in [6.07, 6.45) is 1.68. The van der Waals surface area contributed by atoms with E-state index in [-0.39, 0.29) is 17.9 Å². The molecule has 1 N–H and O–H groups in total. The topological polar surface area (TPSA) is 83.4 Å². The molecule has 8 heteroatoms. The molecule has 3 amide bonds. The van der Waals surface area contributed by atoms with Gasteiger partial charge in [0.1, 0.15) is 11.6 Å². The number of aryl methyl sites for hydroxylation is 2. The Hall–Kier alpha value is -2.12. The Morgan fingerprint density at radius 1 is 1.35 bits per heavy atom. The Bertz CT molecular complexity index is 568. The highest BCUT2D eigenvalue weighted by atomic mass is 16.2. The number of hydrogen-bond donors (Lipinski definition) is 1. The van der Waals surface area contributed by atoms with Gasteiger partial charge in [0, 0.05) is 33.7 Å². The molecule has 1 saturated heterocycles. The van der Waals surface area contributed by atoms with E-state index in [1.807, 2.05) is 13.8 Å². The van der Waals surface area contributed by atoms with Gasteiger partial charge in [-0.15, -0.1) is 0 Å². The van der Waals surface area contributed by atoms with E-state index in [4.69, 9.17) is 0 Å². The zero-order valence-corrected chi connectivity index (χ0v) is 14.4. The number of aromatic nitrogens is 3. The third kappa shape index (κ3) is 4.43. The van der Waals surface area contributed by atoms with Crippen LogP contribution in [0.5, 0.6) is 0 Å². The predicted molar refractivity (Wildman–Crippen MR) is 85.9 cm³/mol. The standard InChI is InChI=1S/C15H26N6O2/c1-11-17-12(2)21(18-11)9-7-16-14(22)13-6-5-8-20(10-13)15(23)19(3)4/h13H,5-10H2,1-4H3,(H,16,22). The number of piperidine rings is 1. The molecule has 1 aromatic heterocycles. The second kappa shape index (κ2) is 7.43. The lowest BCUT2D eigenvalue weighted by Gasteiger charge is -2.33. The molecule has 0 spiro atoms. The van der Waals surface area contributed by atoms with Crippen molar-refractivity contribution in [2.75, 3.05) is 33.7 Å². The maximum absolute atomic E-state index is 12.3. The summed E-state index contributed by atoms with van der Waals surface area (Å²) < 4.78 is 1.79. The van der Waals surface area contributed by atoms with Gasteiger partial charge in [-0.25, -0.2) is 14.5 Å². The average Bonchev–Trinajstić information content (AvgIpc) is 2.84. The number of hydrogen-bond acceptors (Lipinski definition) is 4. The Morgan fingerprint density at radius 3 is 2.70 bits per heavy atom. The fourth-order valence-corrected chi connectivity index (χ4v) is 2.85. The Balaban J connectivity index is 1.81. The normalized spacial score (nSPS) is 17.9. The molecule has 0 saturated carbocycles. The van der Waals surface area contributed by atoms with Gasteiger partial charge >= 0.3 is 6.03 Å². The van der Waals surface area contributed by atoms with Crippen molar-refractivity contribution in [1.82, 2.24) is 29.9 Å². The van der Waals surface area contributed by atoms with Crippen LogP contribution in [0.4, 0.5) is 4.79 Å². The summed E-state index contributed by atoms with van der Waals surface area (Å²) in [5.41, 5.74) is 0. The van der Waals surface area contributed by atoms with E-state index in [0.29, 0.717) is 19.6 Å². The van der Waals surface area contributed by atoms with Crippen LogP contribution in [0, 0.1) is 19.8 Å². The minimum atomic E-state index is -0.133. The fraction of sp³-hybridized carbons (Fsp3) is 0.733. The lowest BCUT2D eigenvalue weighted by Crippen LogP contribution is -2.48. The largest absolute Gasteiger partial charge is 0.354 e. The van der Waals surface area contributed by atoms with Crippen molar-refractivity contribution in [3.05, 3.63) is 11.6 Å². The molecule has 128 valence electrons. The van der Waals surface area contributed by atoms with Gasteiger partial charge in [0.05, 0.1) is 12.5 Å². The van der Waals surface area contributed by atoms with Gasteiger partial charge in [0.15, 0.2) is 0 Å². The summed E-state index contributed by atoms with van der Waals surface area (Å²) in [5.74, 6) is 1.46. The third-order valence-electron chi connectivity index (χ3n) is 4.03. The molecular weight excluding hydrogens is 296 g/mol. The zero-order chi connectivity index (χ0) is 17.0. The fourth-order valence-electron chi connectivity index (χ4n) is 2.85. The first-order valence-electron chi connectivity index (χ1n) is 8.00. The van der Waals surface area contributed by atoms with Crippen molar-refractivity contribution in [3.8, 4) is 0 Å². The van der Waals surface area contributed by atoms with Crippen molar-refractivity contribution in [3.63, 3.8) is 0 Å². The van der Waals surface area contributed by atoms with E-state index in [0.717, 1.165) is 31.0 Å². The average molecular weight is 322 g/mol. The zero-order valence-electron chi connectivity index (χ0n) is 14.4. The molecule has 1 atom stereocenters. The minimum Gasteiger partial charge on any atom is -0.354 e. The second-order valence-corrected chi connectivity index (χ2v) is 6.18. The molecule has 0 aromatic carbocycles. The lowest BCUT2D eigenvalue weighted by molar-refractivity contribution is -0.126. The molecule has 2 rings (SSSR count). The number of nitrogens with one attached hydrogen (secondary N) is 1. The van der Waals surface area contributed by atoms with E-state index < -0.39 is 0 Å². The number of carbonyl (C=O) groups is 2. The molecule has 1 aromatic rings. The van der Waals surface area contributed by atoms with E-state index in [1.165, 1.54) is 0 Å². The van der Waals surface area contributed by atoms with E-state index in [9.17, 15) is 9.59 Å². The molecule has 2 heterocycles. The molecule has 0 bridgehead atoms. The van der Waals surface area contributed by atoms with Crippen LogP contribution < -0.4 is 5.32 Å². The van der Waals surface area contributed by atoms with Crippen LogP contribution in [-0.2, 0) is 11.3 Å². The number of likely N-dealkylation sites (tertiary alicyclic amines) is 1. The summed E-state index contributed by atoms with van der Waals surface area (Å²) in [6.45, 7) is 6.07. The number of rotatable bonds is 4. The van der Waals surface area contributed by atoms with Crippen LogP contribution in [0.1, 0.15) is 24.5 Å². The highest BCUT2D eigenvalue weighted by Gasteiger charge is 2.28. The van der Waals surface area contributed by atoms with Gasteiger partial charge in [-0.1, -0.05) is 0 Å². The number of nitrogens with zero attached hydrogens (tertiary/aromatic N) is 5. The molecular formula is C15H26N6O2. The van der Waals surface area contributed by atoms with Crippen molar-refractivity contribution in [2.45, 2.75) is 33.2 Å². The SMILES string of the molecule is Cc1nc(C)n(CCNC(=O)C2CCCN(C(=O)N(C)C)C2)n1. The van der Waals surface area contributed by atoms with Gasteiger partial charge in [-0.05, 0) is 26.7 Å². The second-order valence-electron chi connectivity index (χ2n) is 6.18. The van der Waals surface area contributed by atoms with Gasteiger partial charge in [-0.2, -0.15) is 5.10 Å². The van der Waals surface area contributed by atoms with Crippen molar-refractivity contribution < 1.29 is 9.59 Å². The van der Waals surface area contributed by atoms with Crippen LogP contribution in [0.25, 0.3) is 0 Å². The summed E-state index contributed by atoms with van der Waals surface area (Å²) in [5, 5.41) is 7.22. The summed E-state index contributed by atoms with van der Waals surface area (Å²) >= 11 is 0.